The van der Waals surface area contributed by atoms with E-state index in [0.717, 1.165) is 22.0 Å². The normalized spacial score (nSPS) is 12.3. The van der Waals surface area contributed by atoms with E-state index in [0.29, 0.717) is 0 Å². The van der Waals surface area contributed by atoms with E-state index >= 15 is 0 Å². The van der Waals surface area contributed by atoms with Crippen molar-refractivity contribution >= 4 is 22.8 Å². The highest BCUT2D eigenvalue weighted by Gasteiger charge is 2.20. The molecule has 0 aliphatic carbocycles. The monoisotopic (exact) mass is 260 g/mol. The van der Waals surface area contributed by atoms with Crippen molar-refractivity contribution in [1.29, 1.82) is 0 Å². The molecule has 0 fully saturated rings. The highest BCUT2D eigenvalue weighted by Crippen LogP contribution is 2.21. The third kappa shape index (κ3) is 2.93. The third-order valence-corrected chi connectivity index (χ3v) is 3.02. The van der Waals surface area contributed by atoms with E-state index in [4.69, 9.17) is 5.11 Å². The predicted octanol–water partition coefficient (Wildman–Crippen LogP) is 1.61. The van der Waals surface area contributed by atoms with Gasteiger partial charge in [0.25, 0.3) is 0 Å². The number of hydrogen-bond acceptors (Lipinski definition) is 2. The molecular formula is C14H16N2O3. The molecule has 19 heavy (non-hydrogen) atoms. The summed E-state index contributed by atoms with van der Waals surface area (Å²) in [6.45, 7) is 3.30. The lowest BCUT2D eigenvalue weighted by atomic mass is 10.0. The van der Waals surface area contributed by atoms with Crippen LogP contribution in [0.1, 0.15) is 18.1 Å². The van der Waals surface area contributed by atoms with E-state index < -0.39 is 12.0 Å². The van der Waals surface area contributed by atoms with Gasteiger partial charge in [0, 0.05) is 30.4 Å². The molecule has 1 atom stereocenters. The van der Waals surface area contributed by atoms with E-state index in [1.807, 2.05) is 25.1 Å². The van der Waals surface area contributed by atoms with Gasteiger partial charge in [-0.05, 0) is 24.6 Å². The summed E-state index contributed by atoms with van der Waals surface area (Å²) >= 11 is 0. The van der Waals surface area contributed by atoms with Crippen LogP contribution in [0.2, 0.25) is 0 Å². The lowest BCUT2D eigenvalue weighted by molar-refractivity contribution is -0.141. The van der Waals surface area contributed by atoms with Gasteiger partial charge in [0.15, 0.2) is 0 Å². The molecule has 0 saturated heterocycles. The summed E-state index contributed by atoms with van der Waals surface area (Å²) in [6.07, 6.45) is 2.06. The Balaban J connectivity index is 2.31. The maximum Gasteiger partial charge on any atom is 0.326 e. The first-order valence-electron chi connectivity index (χ1n) is 6.04. The van der Waals surface area contributed by atoms with Crippen LogP contribution in [-0.2, 0) is 16.0 Å². The quantitative estimate of drug-likeness (QED) is 0.781. The number of aromatic nitrogens is 1. The van der Waals surface area contributed by atoms with Crippen molar-refractivity contribution in [2.75, 3.05) is 0 Å². The van der Waals surface area contributed by atoms with Crippen LogP contribution in [0.3, 0.4) is 0 Å². The second-order valence-corrected chi connectivity index (χ2v) is 4.66. The number of rotatable bonds is 4. The number of fused-ring (bicyclic) bond motifs is 1. The van der Waals surface area contributed by atoms with Crippen LogP contribution in [0.5, 0.6) is 0 Å². The van der Waals surface area contributed by atoms with E-state index in [-0.39, 0.29) is 12.3 Å². The SMILES string of the molecule is CC(=O)NC(Cc1c[nH]c2ccc(C)cc12)C(=O)O. The largest absolute Gasteiger partial charge is 0.480 e. The van der Waals surface area contributed by atoms with Crippen molar-refractivity contribution in [3.63, 3.8) is 0 Å². The summed E-state index contributed by atoms with van der Waals surface area (Å²) in [6, 6.07) is 5.05. The van der Waals surface area contributed by atoms with Crippen molar-refractivity contribution in [2.24, 2.45) is 0 Å². The van der Waals surface area contributed by atoms with Crippen molar-refractivity contribution in [3.8, 4) is 0 Å². The average Bonchev–Trinajstić information content (AvgIpc) is 2.70. The number of carbonyl (C=O) groups is 2. The molecule has 1 aromatic carbocycles. The molecule has 0 radical (unpaired) electrons. The number of carboxylic acids is 1. The number of benzene rings is 1. The summed E-state index contributed by atoms with van der Waals surface area (Å²) in [5.41, 5.74) is 2.96. The molecule has 0 bridgehead atoms. The number of carbonyl (C=O) groups excluding carboxylic acids is 1. The molecule has 1 unspecified atom stereocenters. The van der Waals surface area contributed by atoms with E-state index in [1.165, 1.54) is 6.92 Å². The van der Waals surface area contributed by atoms with Crippen molar-refractivity contribution in [2.45, 2.75) is 26.3 Å². The van der Waals surface area contributed by atoms with Crippen molar-refractivity contribution in [3.05, 3.63) is 35.5 Å². The van der Waals surface area contributed by atoms with Gasteiger partial charge in [-0.1, -0.05) is 11.6 Å². The molecular weight excluding hydrogens is 244 g/mol. The molecule has 0 spiro atoms. The Labute approximate surface area is 110 Å². The highest BCUT2D eigenvalue weighted by atomic mass is 16.4. The Kier molecular flexibility index (Phi) is 3.55. The summed E-state index contributed by atoms with van der Waals surface area (Å²) in [5.74, 6) is -1.37. The topological polar surface area (TPSA) is 82.2 Å². The molecule has 1 amide bonds. The van der Waals surface area contributed by atoms with Gasteiger partial charge < -0.3 is 15.4 Å². The van der Waals surface area contributed by atoms with Crippen LogP contribution in [0, 0.1) is 6.92 Å². The average molecular weight is 260 g/mol. The minimum Gasteiger partial charge on any atom is -0.480 e. The molecule has 5 heteroatoms. The minimum atomic E-state index is -1.03. The predicted molar refractivity (Wildman–Crippen MR) is 72.0 cm³/mol. The summed E-state index contributed by atoms with van der Waals surface area (Å²) in [5, 5.41) is 12.6. The van der Waals surface area contributed by atoms with E-state index in [2.05, 4.69) is 10.3 Å². The maximum atomic E-state index is 11.1. The number of aromatic amines is 1. The number of amides is 1. The van der Waals surface area contributed by atoms with Gasteiger partial charge in [0.2, 0.25) is 5.91 Å². The Morgan fingerprint density at radius 1 is 1.42 bits per heavy atom. The number of aliphatic carboxylic acids is 1. The lowest BCUT2D eigenvalue weighted by Gasteiger charge is -2.12. The summed E-state index contributed by atoms with van der Waals surface area (Å²) in [7, 11) is 0. The van der Waals surface area contributed by atoms with Gasteiger partial charge in [-0.15, -0.1) is 0 Å². The molecule has 3 N–H and O–H groups in total. The standard InChI is InChI=1S/C14H16N2O3/c1-8-3-4-12-11(5-8)10(7-15-12)6-13(14(18)19)16-9(2)17/h3-5,7,13,15H,6H2,1-2H3,(H,16,17)(H,18,19). The summed E-state index contributed by atoms with van der Waals surface area (Å²) in [4.78, 5) is 25.3. The first-order valence-corrected chi connectivity index (χ1v) is 6.04. The second-order valence-electron chi connectivity index (χ2n) is 4.66. The zero-order valence-electron chi connectivity index (χ0n) is 10.9. The zero-order valence-corrected chi connectivity index (χ0v) is 10.9. The first-order chi connectivity index (χ1) is 8.97. The first kappa shape index (κ1) is 13.1. The van der Waals surface area contributed by atoms with Gasteiger partial charge in [-0.25, -0.2) is 4.79 Å². The smallest absolute Gasteiger partial charge is 0.326 e. The number of nitrogens with one attached hydrogen (secondary N) is 2. The maximum absolute atomic E-state index is 11.1. The van der Waals surface area contributed by atoms with Gasteiger partial charge in [0.1, 0.15) is 6.04 Å². The van der Waals surface area contributed by atoms with Crippen LogP contribution in [-0.4, -0.2) is 28.0 Å². The Bertz CT molecular complexity index is 631. The van der Waals surface area contributed by atoms with E-state index in [1.54, 1.807) is 6.20 Å². The number of aryl methyl sites for hydroxylation is 1. The minimum absolute atomic E-state index is 0.262. The van der Waals surface area contributed by atoms with Gasteiger partial charge in [0.05, 0.1) is 0 Å². The highest BCUT2D eigenvalue weighted by molar-refractivity contribution is 5.86. The molecule has 2 aromatic rings. The van der Waals surface area contributed by atoms with Crippen LogP contribution in [0.4, 0.5) is 0 Å². The molecule has 100 valence electrons. The molecule has 0 aliphatic rings. The number of hydrogen-bond donors (Lipinski definition) is 3. The zero-order chi connectivity index (χ0) is 14.0. The van der Waals surface area contributed by atoms with Crippen LogP contribution in [0.25, 0.3) is 10.9 Å². The molecule has 1 heterocycles. The Morgan fingerprint density at radius 3 is 2.79 bits per heavy atom. The van der Waals surface area contributed by atoms with Crippen LogP contribution in [0.15, 0.2) is 24.4 Å². The van der Waals surface area contributed by atoms with Crippen molar-refractivity contribution < 1.29 is 14.7 Å². The molecule has 5 nitrogen and oxygen atoms in total. The molecule has 0 aliphatic heterocycles. The fourth-order valence-electron chi connectivity index (χ4n) is 2.13. The fourth-order valence-corrected chi connectivity index (χ4v) is 2.13. The third-order valence-electron chi connectivity index (χ3n) is 3.02. The lowest BCUT2D eigenvalue weighted by Crippen LogP contribution is -2.41. The van der Waals surface area contributed by atoms with Crippen molar-refractivity contribution in [1.82, 2.24) is 10.3 Å². The fraction of sp³-hybridized carbons (Fsp3) is 0.286. The van der Waals surface area contributed by atoms with E-state index in [9.17, 15) is 9.59 Å². The van der Waals surface area contributed by atoms with Crippen LogP contribution >= 0.6 is 0 Å². The molecule has 2 rings (SSSR count). The van der Waals surface area contributed by atoms with Gasteiger partial charge in [-0.3, -0.25) is 4.79 Å². The summed E-state index contributed by atoms with van der Waals surface area (Å²) < 4.78 is 0. The molecule has 0 saturated carbocycles. The number of H-pyrrole nitrogens is 1. The second kappa shape index (κ2) is 5.14. The van der Waals surface area contributed by atoms with Gasteiger partial charge >= 0.3 is 5.97 Å². The Morgan fingerprint density at radius 2 is 2.16 bits per heavy atom. The van der Waals surface area contributed by atoms with Gasteiger partial charge in [-0.2, -0.15) is 0 Å². The number of carboxylic acid groups (broad SMARTS) is 1. The van der Waals surface area contributed by atoms with Crippen LogP contribution < -0.4 is 5.32 Å². The molecule has 1 aromatic heterocycles. The Hall–Kier alpha value is -2.30.